The summed E-state index contributed by atoms with van der Waals surface area (Å²) in [6, 6.07) is 15.8. The van der Waals surface area contributed by atoms with Crippen molar-refractivity contribution in [2.24, 2.45) is 0 Å². The fourth-order valence-electron chi connectivity index (χ4n) is 2.35. The van der Waals surface area contributed by atoms with Crippen LogP contribution < -0.4 is 0 Å². The van der Waals surface area contributed by atoms with Gasteiger partial charge in [0.1, 0.15) is 0 Å². The second-order valence-electron chi connectivity index (χ2n) is 4.87. The second kappa shape index (κ2) is 4.82. The van der Waals surface area contributed by atoms with Gasteiger partial charge in [-0.2, -0.15) is 0 Å². The van der Waals surface area contributed by atoms with Crippen LogP contribution >= 0.6 is 11.3 Å². The lowest BCUT2D eigenvalue weighted by atomic mass is 10.0. The topological polar surface area (TPSA) is 41.6 Å². The van der Waals surface area contributed by atoms with E-state index in [1.54, 1.807) is 17.7 Å². The monoisotopic (exact) mass is 290 g/mol. The van der Waals surface area contributed by atoms with Crippen molar-refractivity contribution in [1.82, 2.24) is 15.0 Å². The Labute approximate surface area is 126 Å². The largest absolute Gasteiger partial charge is 0.345 e. The van der Waals surface area contributed by atoms with E-state index in [2.05, 4.69) is 51.4 Å². The predicted molar refractivity (Wildman–Crippen MR) is 86.2 cm³/mol. The van der Waals surface area contributed by atoms with E-state index < -0.39 is 0 Å². The maximum atomic E-state index is 4.30. The van der Waals surface area contributed by atoms with Crippen molar-refractivity contribution in [3.8, 4) is 21.6 Å². The highest BCUT2D eigenvalue weighted by Crippen LogP contribution is 2.28. The van der Waals surface area contributed by atoms with Crippen molar-refractivity contribution in [3.05, 3.63) is 60.0 Å². The first-order valence-corrected chi connectivity index (χ1v) is 7.49. The highest BCUT2D eigenvalue weighted by Gasteiger charge is 2.05. The van der Waals surface area contributed by atoms with Gasteiger partial charge in [0.15, 0.2) is 0 Å². The third-order valence-corrected chi connectivity index (χ3v) is 4.40. The van der Waals surface area contributed by atoms with Gasteiger partial charge in [0.25, 0.3) is 0 Å². The van der Waals surface area contributed by atoms with E-state index in [4.69, 9.17) is 0 Å². The standard InChI is InChI=1S/C17H12N3S/c1-11-18-9-17(21-11)13-4-2-12(3-5-13)14-6-7-15-16(8-14)20-10-19-15/h2-4,6-10H,1H3,(H,19,20). The van der Waals surface area contributed by atoms with Crippen LogP contribution in [0.25, 0.3) is 32.6 Å². The van der Waals surface area contributed by atoms with E-state index in [-0.39, 0.29) is 0 Å². The molecule has 0 amide bonds. The summed E-state index contributed by atoms with van der Waals surface area (Å²) in [5.41, 5.74) is 5.42. The highest BCUT2D eigenvalue weighted by atomic mass is 32.1. The second-order valence-corrected chi connectivity index (χ2v) is 6.10. The number of hydrogen-bond donors (Lipinski definition) is 1. The smallest absolute Gasteiger partial charge is 0.0931 e. The van der Waals surface area contributed by atoms with Crippen molar-refractivity contribution in [2.75, 3.05) is 0 Å². The summed E-state index contributed by atoms with van der Waals surface area (Å²) in [5.74, 6) is 0. The lowest BCUT2D eigenvalue weighted by molar-refractivity contribution is 1.30. The zero-order valence-corrected chi connectivity index (χ0v) is 12.2. The van der Waals surface area contributed by atoms with Gasteiger partial charge in [0.2, 0.25) is 0 Å². The van der Waals surface area contributed by atoms with Crippen molar-refractivity contribution < 1.29 is 0 Å². The van der Waals surface area contributed by atoms with Crippen molar-refractivity contribution >= 4 is 22.4 Å². The van der Waals surface area contributed by atoms with Gasteiger partial charge >= 0.3 is 0 Å². The number of benzene rings is 2. The molecule has 2 aromatic carbocycles. The van der Waals surface area contributed by atoms with E-state index in [1.807, 2.05) is 19.2 Å². The van der Waals surface area contributed by atoms with Gasteiger partial charge in [-0.3, -0.25) is 0 Å². The summed E-state index contributed by atoms with van der Waals surface area (Å²) >= 11 is 1.69. The van der Waals surface area contributed by atoms with E-state index in [9.17, 15) is 0 Å². The maximum absolute atomic E-state index is 4.30. The first kappa shape index (κ1) is 12.3. The first-order valence-electron chi connectivity index (χ1n) is 6.68. The molecule has 0 aliphatic heterocycles. The van der Waals surface area contributed by atoms with Crippen LogP contribution in [0.4, 0.5) is 0 Å². The number of aromatic amines is 1. The van der Waals surface area contributed by atoms with Crippen molar-refractivity contribution in [3.63, 3.8) is 0 Å². The SMILES string of the molecule is Cc1ncc(-c2[c]cc(-c3ccc4[nH]cnc4c3)cc2)s1. The van der Waals surface area contributed by atoms with Gasteiger partial charge in [0.05, 0.1) is 27.2 Å². The van der Waals surface area contributed by atoms with Crippen LogP contribution in [0.15, 0.2) is 48.9 Å². The minimum absolute atomic E-state index is 0.981. The minimum Gasteiger partial charge on any atom is -0.345 e. The number of H-pyrrole nitrogens is 1. The molecule has 0 saturated heterocycles. The van der Waals surface area contributed by atoms with Crippen LogP contribution in [0.2, 0.25) is 0 Å². The zero-order valence-electron chi connectivity index (χ0n) is 11.4. The van der Waals surface area contributed by atoms with Gasteiger partial charge < -0.3 is 4.98 Å². The molecule has 1 radical (unpaired) electrons. The minimum atomic E-state index is 0.981. The van der Waals surface area contributed by atoms with Crippen molar-refractivity contribution in [2.45, 2.75) is 6.92 Å². The molecule has 0 atom stereocenters. The number of nitrogens with zero attached hydrogens (tertiary/aromatic N) is 2. The Kier molecular flexibility index (Phi) is 2.82. The number of nitrogens with one attached hydrogen (secondary N) is 1. The quantitative estimate of drug-likeness (QED) is 0.592. The van der Waals surface area contributed by atoms with Crippen LogP contribution in [0.1, 0.15) is 5.01 Å². The maximum Gasteiger partial charge on any atom is 0.0931 e. The fourth-order valence-corrected chi connectivity index (χ4v) is 3.12. The fraction of sp³-hybridized carbons (Fsp3) is 0.0588. The van der Waals surface area contributed by atoms with Gasteiger partial charge in [-0.25, -0.2) is 9.97 Å². The molecular formula is C17H12N3S. The molecule has 3 nitrogen and oxygen atoms in total. The average molecular weight is 290 g/mol. The van der Waals surface area contributed by atoms with Gasteiger partial charge in [-0.05, 0) is 42.3 Å². The Bertz CT molecular complexity index is 903. The molecule has 0 spiro atoms. The van der Waals surface area contributed by atoms with E-state index in [1.165, 1.54) is 0 Å². The predicted octanol–water partition coefficient (Wildman–Crippen LogP) is 4.46. The molecule has 21 heavy (non-hydrogen) atoms. The molecule has 0 fully saturated rings. The first-order chi connectivity index (χ1) is 10.3. The Morgan fingerprint density at radius 1 is 1.10 bits per heavy atom. The average Bonchev–Trinajstić information content (AvgIpc) is 3.15. The molecule has 4 heteroatoms. The van der Waals surface area contributed by atoms with Gasteiger partial charge in [0, 0.05) is 11.8 Å². The summed E-state index contributed by atoms with van der Waals surface area (Å²) in [5, 5.41) is 1.08. The van der Waals surface area contributed by atoms with Crippen LogP contribution in [-0.4, -0.2) is 15.0 Å². The number of fused-ring (bicyclic) bond motifs is 1. The number of thiazole rings is 1. The molecule has 2 heterocycles. The zero-order chi connectivity index (χ0) is 14.2. The normalized spacial score (nSPS) is 11.1. The third-order valence-electron chi connectivity index (χ3n) is 3.45. The Balaban J connectivity index is 1.72. The molecule has 4 aromatic rings. The molecule has 101 valence electrons. The summed E-state index contributed by atoms with van der Waals surface area (Å²) in [6.45, 7) is 2.02. The summed E-state index contributed by atoms with van der Waals surface area (Å²) < 4.78 is 0. The Hall–Kier alpha value is -2.46. The van der Waals surface area contributed by atoms with Gasteiger partial charge in [-0.15, -0.1) is 11.3 Å². The number of hydrogen-bond acceptors (Lipinski definition) is 3. The molecule has 4 rings (SSSR count). The lowest BCUT2D eigenvalue weighted by Crippen LogP contribution is -1.80. The molecule has 0 aliphatic carbocycles. The Morgan fingerprint density at radius 3 is 2.76 bits per heavy atom. The summed E-state index contributed by atoms with van der Waals surface area (Å²) in [7, 11) is 0. The van der Waals surface area contributed by atoms with Crippen LogP contribution in [0, 0.1) is 13.0 Å². The highest BCUT2D eigenvalue weighted by molar-refractivity contribution is 7.15. The molecule has 0 aliphatic rings. The molecule has 1 N–H and O–H groups in total. The molecule has 0 unspecified atom stereocenters. The van der Waals surface area contributed by atoms with Gasteiger partial charge in [-0.1, -0.05) is 18.2 Å². The summed E-state index contributed by atoms with van der Waals surface area (Å²) in [6.07, 6.45) is 3.62. The summed E-state index contributed by atoms with van der Waals surface area (Å²) in [4.78, 5) is 12.9. The van der Waals surface area contributed by atoms with E-state index in [0.29, 0.717) is 0 Å². The lowest BCUT2D eigenvalue weighted by Gasteiger charge is -2.03. The van der Waals surface area contributed by atoms with Crippen LogP contribution in [-0.2, 0) is 0 Å². The molecule has 0 saturated carbocycles. The van der Waals surface area contributed by atoms with Crippen LogP contribution in [0.3, 0.4) is 0 Å². The van der Waals surface area contributed by atoms with E-state index in [0.717, 1.165) is 37.6 Å². The van der Waals surface area contributed by atoms with Crippen molar-refractivity contribution in [1.29, 1.82) is 0 Å². The molecule has 0 bridgehead atoms. The Morgan fingerprint density at radius 2 is 2.00 bits per heavy atom. The molecular weight excluding hydrogens is 278 g/mol. The van der Waals surface area contributed by atoms with Crippen LogP contribution in [0.5, 0.6) is 0 Å². The number of aryl methyl sites for hydroxylation is 1. The van der Waals surface area contributed by atoms with E-state index >= 15 is 0 Å². The molecule has 2 aromatic heterocycles. The number of imidazole rings is 1. The number of rotatable bonds is 2. The third kappa shape index (κ3) is 2.23. The number of aromatic nitrogens is 3.